The molecule has 0 bridgehead atoms. The highest BCUT2D eigenvalue weighted by molar-refractivity contribution is 6.05. The van der Waals surface area contributed by atoms with Gasteiger partial charge in [0.2, 0.25) is 0 Å². The van der Waals surface area contributed by atoms with Crippen molar-refractivity contribution in [2.45, 2.75) is 26.4 Å². The van der Waals surface area contributed by atoms with Gasteiger partial charge in [-0.2, -0.15) is 4.80 Å². The molecule has 1 atom stereocenters. The van der Waals surface area contributed by atoms with Crippen molar-refractivity contribution >= 4 is 22.6 Å². The molecule has 0 aliphatic carbocycles. The van der Waals surface area contributed by atoms with Gasteiger partial charge in [0.15, 0.2) is 0 Å². The van der Waals surface area contributed by atoms with Crippen molar-refractivity contribution in [3.8, 4) is 11.4 Å². The van der Waals surface area contributed by atoms with Crippen molar-refractivity contribution < 1.29 is 13.9 Å². The topological polar surface area (TPSA) is 69.0 Å². The maximum Gasteiger partial charge on any atom is 0.255 e. The Hall–Kier alpha value is -3.74. The Labute approximate surface area is 173 Å². The quantitative estimate of drug-likeness (QED) is 0.492. The molecule has 1 unspecified atom stereocenters. The van der Waals surface area contributed by atoms with Crippen LogP contribution in [0.4, 0.5) is 10.1 Å². The van der Waals surface area contributed by atoms with E-state index in [1.54, 1.807) is 48.5 Å². The Morgan fingerprint density at radius 2 is 1.83 bits per heavy atom. The minimum absolute atomic E-state index is 0.0782. The van der Waals surface area contributed by atoms with Crippen LogP contribution in [0.15, 0.2) is 66.7 Å². The maximum atomic E-state index is 13.1. The molecule has 1 heterocycles. The molecule has 30 heavy (non-hydrogen) atoms. The van der Waals surface area contributed by atoms with Crippen LogP contribution < -0.4 is 10.1 Å². The number of carbonyl (C=O) groups is 1. The van der Waals surface area contributed by atoms with Crippen LogP contribution in [0.5, 0.6) is 5.75 Å². The molecule has 6 nitrogen and oxygen atoms in total. The molecule has 1 aromatic heterocycles. The molecule has 0 spiro atoms. The van der Waals surface area contributed by atoms with Crippen molar-refractivity contribution in [3.63, 3.8) is 0 Å². The van der Waals surface area contributed by atoms with Gasteiger partial charge in [-0.1, -0.05) is 13.0 Å². The summed E-state index contributed by atoms with van der Waals surface area (Å²) in [5.74, 6) is 0.101. The van der Waals surface area contributed by atoms with Crippen LogP contribution in [0, 0.1) is 5.82 Å². The first kappa shape index (κ1) is 19.6. The minimum Gasteiger partial charge on any atom is -0.491 e. The molecule has 7 heteroatoms. The first-order valence-electron chi connectivity index (χ1n) is 9.73. The highest BCUT2D eigenvalue weighted by Crippen LogP contribution is 2.20. The number of amides is 1. The van der Waals surface area contributed by atoms with Gasteiger partial charge in [-0.05, 0) is 74.0 Å². The van der Waals surface area contributed by atoms with Crippen LogP contribution in [0.2, 0.25) is 0 Å². The molecule has 0 aliphatic heterocycles. The van der Waals surface area contributed by atoms with Gasteiger partial charge in [-0.25, -0.2) is 4.39 Å². The first-order chi connectivity index (χ1) is 14.5. The lowest BCUT2D eigenvalue weighted by molar-refractivity contribution is 0.102. The summed E-state index contributed by atoms with van der Waals surface area (Å²) in [7, 11) is 0. The molecule has 0 saturated carbocycles. The zero-order valence-electron chi connectivity index (χ0n) is 16.7. The minimum atomic E-state index is -0.320. The average molecular weight is 404 g/mol. The fourth-order valence-electron chi connectivity index (χ4n) is 2.91. The summed E-state index contributed by atoms with van der Waals surface area (Å²) in [6.45, 7) is 4.03. The van der Waals surface area contributed by atoms with Crippen molar-refractivity contribution in [3.05, 3.63) is 78.1 Å². The predicted molar refractivity (Wildman–Crippen MR) is 114 cm³/mol. The smallest absolute Gasteiger partial charge is 0.255 e. The van der Waals surface area contributed by atoms with Gasteiger partial charge in [0, 0.05) is 11.3 Å². The number of halogens is 1. The fourth-order valence-corrected chi connectivity index (χ4v) is 2.91. The predicted octanol–water partition coefficient (Wildman–Crippen LogP) is 4.99. The second-order valence-corrected chi connectivity index (χ2v) is 6.99. The number of anilines is 1. The van der Waals surface area contributed by atoms with Gasteiger partial charge in [-0.15, -0.1) is 10.2 Å². The molecule has 152 valence electrons. The number of hydrogen-bond acceptors (Lipinski definition) is 4. The van der Waals surface area contributed by atoms with Gasteiger partial charge in [-0.3, -0.25) is 4.79 Å². The van der Waals surface area contributed by atoms with E-state index in [1.807, 2.05) is 19.9 Å². The van der Waals surface area contributed by atoms with E-state index in [9.17, 15) is 9.18 Å². The second-order valence-electron chi connectivity index (χ2n) is 6.99. The standard InChI is InChI=1S/C23H21FN4O2/c1-3-15(2)30-20-6-4-5-16(13-20)23(29)25-18-9-12-21-22(14-18)27-28(26-21)19-10-7-17(24)8-11-19/h4-15H,3H2,1-2H3,(H,25,29). The largest absolute Gasteiger partial charge is 0.491 e. The van der Waals surface area contributed by atoms with E-state index in [2.05, 4.69) is 15.5 Å². The van der Waals surface area contributed by atoms with Crippen molar-refractivity contribution in [2.24, 2.45) is 0 Å². The molecule has 0 fully saturated rings. The third-order valence-corrected chi connectivity index (χ3v) is 4.70. The normalized spacial score (nSPS) is 12.0. The van der Waals surface area contributed by atoms with E-state index < -0.39 is 0 Å². The third kappa shape index (κ3) is 4.30. The molecular formula is C23H21FN4O2. The lowest BCUT2D eigenvalue weighted by Crippen LogP contribution is -2.13. The molecular weight excluding hydrogens is 383 g/mol. The summed E-state index contributed by atoms with van der Waals surface area (Å²) < 4.78 is 18.9. The number of benzene rings is 3. The zero-order valence-corrected chi connectivity index (χ0v) is 16.7. The molecule has 1 N–H and O–H groups in total. The van der Waals surface area contributed by atoms with Crippen LogP contribution in [0.25, 0.3) is 16.7 Å². The van der Waals surface area contributed by atoms with Crippen molar-refractivity contribution in [1.82, 2.24) is 15.0 Å². The second kappa shape index (κ2) is 8.32. The lowest BCUT2D eigenvalue weighted by Gasteiger charge is -2.13. The Morgan fingerprint density at radius 3 is 2.60 bits per heavy atom. The summed E-state index contributed by atoms with van der Waals surface area (Å²) in [4.78, 5) is 14.1. The highest BCUT2D eigenvalue weighted by Gasteiger charge is 2.11. The van der Waals surface area contributed by atoms with E-state index in [4.69, 9.17) is 4.74 Å². The SMILES string of the molecule is CCC(C)Oc1cccc(C(=O)Nc2ccc3nn(-c4ccc(F)cc4)nc3c2)c1. The van der Waals surface area contributed by atoms with Crippen LogP contribution >= 0.6 is 0 Å². The Kier molecular flexibility index (Phi) is 5.43. The Morgan fingerprint density at radius 1 is 1.07 bits per heavy atom. The summed E-state index contributed by atoms with van der Waals surface area (Å²) in [6.07, 6.45) is 0.962. The molecule has 4 aromatic rings. The summed E-state index contributed by atoms with van der Waals surface area (Å²) >= 11 is 0. The van der Waals surface area contributed by atoms with E-state index in [0.717, 1.165) is 6.42 Å². The lowest BCUT2D eigenvalue weighted by atomic mass is 10.2. The number of rotatable bonds is 6. The first-order valence-corrected chi connectivity index (χ1v) is 9.73. The monoisotopic (exact) mass is 404 g/mol. The van der Waals surface area contributed by atoms with Crippen LogP contribution in [-0.4, -0.2) is 27.0 Å². The van der Waals surface area contributed by atoms with Gasteiger partial charge in [0.25, 0.3) is 5.91 Å². The number of nitrogens with one attached hydrogen (secondary N) is 1. The van der Waals surface area contributed by atoms with Crippen molar-refractivity contribution in [2.75, 3.05) is 5.32 Å². The summed E-state index contributed by atoms with van der Waals surface area (Å²) in [5, 5.41) is 11.7. The number of aromatic nitrogens is 3. The Bertz CT molecular complexity index is 1190. The number of fused-ring (bicyclic) bond motifs is 1. The number of nitrogens with zero attached hydrogens (tertiary/aromatic N) is 3. The number of hydrogen-bond donors (Lipinski definition) is 1. The maximum absolute atomic E-state index is 13.1. The fraction of sp³-hybridized carbons (Fsp3) is 0.174. The molecule has 1 amide bonds. The van der Waals surface area contributed by atoms with Crippen molar-refractivity contribution in [1.29, 1.82) is 0 Å². The van der Waals surface area contributed by atoms with Crippen LogP contribution in [-0.2, 0) is 0 Å². The van der Waals surface area contributed by atoms with Gasteiger partial charge < -0.3 is 10.1 Å². The van der Waals surface area contributed by atoms with Gasteiger partial charge in [0.1, 0.15) is 22.6 Å². The van der Waals surface area contributed by atoms with E-state index in [-0.39, 0.29) is 17.8 Å². The van der Waals surface area contributed by atoms with E-state index in [1.165, 1.54) is 16.9 Å². The molecule has 0 saturated heterocycles. The highest BCUT2D eigenvalue weighted by atomic mass is 19.1. The number of carbonyl (C=O) groups excluding carboxylic acids is 1. The molecule has 0 radical (unpaired) electrons. The van der Waals surface area contributed by atoms with Gasteiger partial charge in [0.05, 0.1) is 11.8 Å². The zero-order chi connectivity index (χ0) is 21.1. The van der Waals surface area contributed by atoms with Gasteiger partial charge >= 0.3 is 0 Å². The third-order valence-electron chi connectivity index (χ3n) is 4.70. The van der Waals surface area contributed by atoms with E-state index in [0.29, 0.717) is 33.7 Å². The molecule has 3 aromatic carbocycles. The molecule has 4 rings (SSSR count). The average Bonchev–Trinajstić information content (AvgIpc) is 3.17. The van der Waals surface area contributed by atoms with Crippen LogP contribution in [0.1, 0.15) is 30.6 Å². The molecule has 0 aliphatic rings. The summed E-state index contributed by atoms with van der Waals surface area (Å²) in [6, 6.07) is 18.3. The number of ether oxygens (including phenoxy) is 1. The summed E-state index contributed by atoms with van der Waals surface area (Å²) in [5.41, 5.74) is 3.04. The van der Waals surface area contributed by atoms with E-state index >= 15 is 0 Å². The Balaban J connectivity index is 1.53. The van der Waals surface area contributed by atoms with Crippen LogP contribution in [0.3, 0.4) is 0 Å².